The van der Waals surface area contributed by atoms with Crippen molar-refractivity contribution in [2.75, 3.05) is 5.32 Å². The second-order valence-corrected chi connectivity index (χ2v) is 6.20. The molecular formula is C16H12ClN3O2S. The van der Waals surface area contributed by atoms with Crippen molar-refractivity contribution >= 4 is 34.0 Å². The van der Waals surface area contributed by atoms with Gasteiger partial charge < -0.3 is 5.11 Å². The number of amides is 1. The zero-order chi connectivity index (χ0) is 16.4. The van der Waals surface area contributed by atoms with Crippen LogP contribution in [-0.4, -0.2) is 21.0 Å². The highest BCUT2D eigenvalue weighted by molar-refractivity contribution is 7.19. The summed E-state index contributed by atoms with van der Waals surface area (Å²) >= 11 is 7.19. The van der Waals surface area contributed by atoms with Crippen molar-refractivity contribution in [3.63, 3.8) is 0 Å². The number of nitrogens with zero attached hydrogens (tertiary/aromatic N) is 2. The van der Waals surface area contributed by atoms with E-state index in [1.165, 1.54) is 29.5 Å². The van der Waals surface area contributed by atoms with Gasteiger partial charge in [0.2, 0.25) is 0 Å². The van der Waals surface area contributed by atoms with Crippen molar-refractivity contribution in [1.29, 1.82) is 0 Å². The molecule has 0 spiro atoms. The fourth-order valence-corrected chi connectivity index (χ4v) is 3.15. The Morgan fingerprint density at radius 3 is 2.87 bits per heavy atom. The number of nitrogens with one attached hydrogen (secondary N) is 1. The summed E-state index contributed by atoms with van der Waals surface area (Å²) in [7, 11) is 0. The molecule has 0 aliphatic rings. The molecule has 116 valence electrons. The number of aryl methyl sites for hydroxylation is 1. The smallest absolute Gasteiger partial charge is 0.261 e. The van der Waals surface area contributed by atoms with Gasteiger partial charge in [-0.15, -0.1) is 0 Å². The largest absolute Gasteiger partial charge is 0.507 e. The number of halogens is 1. The molecule has 3 rings (SSSR count). The molecule has 0 unspecified atom stereocenters. The monoisotopic (exact) mass is 345 g/mol. The molecule has 0 saturated heterocycles. The number of phenolic OH excluding ortho intramolecular Hbond substituents is 1. The number of carbonyl (C=O) groups is 1. The number of carbonyl (C=O) groups excluding carboxylic acids is 1. The number of aromatic hydroxyl groups is 1. The highest BCUT2D eigenvalue weighted by atomic mass is 35.5. The number of aromatic nitrogens is 2. The van der Waals surface area contributed by atoms with Gasteiger partial charge >= 0.3 is 0 Å². The van der Waals surface area contributed by atoms with Crippen molar-refractivity contribution in [2.45, 2.75) is 6.92 Å². The maximum Gasteiger partial charge on any atom is 0.261 e. The van der Waals surface area contributed by atoms with Crippen LogP contribution in [0.15, 0.2) is 42.6 Å². The van der Waals surface area contributed by atoms with Crippen molar-refractivity contribution in [2.24, 2.45) is 0 Å². The van der Waals surface area contributed by atoms with E-state index in [0.717, 1.165) is 16.3 Å². The first-order valence-electron chi connectivity index (χ1n) is 6.73. The third-order valence-corrected chi connectivity index (χ3v) is 4.45. The Bertz CT molecular complexity index is 865. The van der Waals surface area contributed by atoms with Crippen LogP contribution in [0.1, 0.15) is 16.1 Å². The molecule has 2 N–H and O–H groups in total. The minimum atomic E-state index is -0.466. The van der Waals surface area contributed by atoms with E-state index in [2.05, 4.69) is 15.3 Å². The Kier molecular flexibility index (Phi) is 4.27. The summed E-state index contributed by atoms with van der Waals surface area (Å²) in [4.78, 5) is 21.8. The van der Waals surface area contributed by atoms with E-state index < -0.39 is 5.91 Å². The van der Waals surface area contributed by atoms with Gasteiger partial charge in [-0.25, -0.2) is 4.98 Å². The normalized spacial score (nSPS) is 10.5. The molecule has 23 heavy (non-hydrogen) atoms. The minimum Gasteiger partial charge on any atom is -0.507 e. The summed E-state index contributed by atoms with van der Waals surface area (Å²) in [5, 5.41) is 13.3. The van der Waals surface area contributed by atoms with Gasteiger partial charge in [0.05, 0.1) is 21.8 Å². The van der Waals surface area contributed by atoms with Gasteiger partial charge in [-0.2, -0.15) is 0 Å². The molecule has 0 radical (unpaired) electrons. The predicted octanol–water partition coefficient (Wildman–Crippen LogP) is 4.12. The van der Waals surface area contributed by atoms with Gasteiger partial charge in [-0.3, -0.25) is 15.1 Å². The highest BCUT2D eigenvalue weighted by Gasteiger charge is 2.16. The Morgan fingerprint density at radius 1 is 1.30 bits per heavy atom. The quantitative estimate of drug-likeness (QED) is 0.748. The average Bonchev–Trinajstić information content (AvgIpc) is 2.91. The number of hydrogen-bond donors (Lipinski definition) is 2. The second kappa shape index (κ2) is 6.36. The van der Waals surface area contributed by atoms with Crippen LogP contribution in [0.3, 0.4) is 0 Å². The lowest BCUT2D eigenvalue weighted by Crippen LogP contribution is -2.11. The molecule has 0 aliphatic heterocycles. The first-order chi connectivity index (χ1) is 11.0. The maximum absolute atomic E-state index is 12.3. The summed E-state index contributed by atoms with van der Waals surface area (Å²) in [5.41, 5.74) is 1.68. The summed E-state index contributed by atoms with van der Waals surface area (Å²) in [5.74, 6) is -0.601. The van der Waals surface area contributed by atoms with Gasteiger partial charge in [0.15, 0.2) is 5.13 Å². The van der Waals surface area contributed by atoms with Crippen LogP contribution in [0, 0.1) is 6.92 Å². The molecule has 0 aliphatic carbocycles. The standard InChI is InChI=1S/C16H12ClN3O2S/c1-9-14(12-4-2-3-7-18-12)23-16(19-9)20-15(22)11-8-10(17)5-6-13(11)21/h2-8,21H,1H3,(H,19,20,22). The van der Waals surface area contributed by atoms with E-state index in [4.69, 9.17) is 11.6 Å². The van der Waals surface area contributed by atoms with Gasteiger partial charge in [0, 0.05) is 11.2 Å². The Hall–Kier alpha value is -2.44. The van der Waals surface area contributed by atoms with Crippen LogP contribution in [0.4, 0.5) is 5.13 Å². The Balaban J connectivity index is 1.87. The van der Waals surface area contributed by atoms with E-state index in [1.54, 1.807) is 6.20 Å². The highest BCUT2D eigenvalue weighted by Crippen LogP contribution is 2.32. The summed E-state index contributed by atoms with van der Waals surface area (Å²) < 4.78 is 0. The molecule has 1 aromatic carbocycles. The predicted molar refractivity (Wildman–Crippen MR) is 91.2 cm³/mol. The summed E-state index contributed by atoms with van der Waals surface area (Å²) in [6, 6.07) is 9.92. The van der Waals surface area contributed by atoms with E-state index >= 15 is 0 Å². The number of benzene rings is 1. The average molecular weight is 346 g/mol. The topological polar surface area (TPSA) is 75.1 Å². The van der Waals surface area contributed by atoms with Crippen molar-refractivity contribution in [3.05, 3.63) is 58.9 Å². The number of phenols is 1. The molecule has 2 heterocycles. The van der Waals surface area contributed by atoms with Crippen molar-refractivity contribution < 1.29 is 9.90 Å². The van der Waals surface area contributed by atoms with E-state index in [1.807, 2.05) is 25.1 Å². The Morgan fingerprint density at radius 2 is 2.13 bits per heavy atom. The van der Waals surface area contributed by atoms with Gasteiger partial charge in [0.25, 0.3) is 5.91 Å². The van der Waals surface area contributed by atoms with Crippen LogP contribution < -0.4 is 5.32 Å². The third-order valence-electron chi connectivity index (χ3n) is 3.12. The van der Waals surface area contributed by atoms with Gasteiger partial charge in [-0.1, -0.05) is 29.0 Å². The number of hydrogen-bond acceptors (Lipinski definition) is 5. The van der Waals surface area contributed by atoms with E-state index in [0.29, 0.717) is 10.2 Å². The van der Waals surface area contributed by atoms with Gasteiger partial charge in [-0.05, 0) is 37.3 Å². The van der Waals surface area contributed by atoms with Gasteiger partial charge in [0.1, 0.15) is 5.75 Å². The number of pyridine rings is 1. The number of thiazole rings is 1. The molecular weight excluding hydrogens is 334 g/mol. The van der Waals surface area contributed by atoms with Crippen molar-refractivity contribution in [3.8, 4) is 16.3 Å². The van der Waals surface area contributed by atoms with Crippen LogP contribution >= 0.6 is 22.9 Å². The molecule has 7 heteroatoms. The molecule has 3 aromatic rings. The molecule has 1 amide bonds. The van der Waals surface area contributed by atoms with Crippen LogP contribution in [0.2, 0.25) is 5.02 Å². The number of rotatable bonds is 3. The van der Waals surface area contributed by atoms with E-state index in [9.17, 15) is 9.90 Å². The maximum atomic E-state index is 12.3. The van der Waals surface area contributed by atoms with Crippen LogP contribution in [0.25, 0.3) is 10.6 Å². The fraction of sp³-hybridized carbons (Fsp3) is 0.0625. The lowest BCUT2D eigenvalue weighted by Gasteiger charge is -2.04. The van der Waals surface area contributed by atoms with Crippen molar-refractivity contribution in [1.82, 2.24) is 9.97 Å². The summed E-state index contributed by atoms with van der Waals surface area (Å²) in [6.45, 7) is 1.85. The zero-order valence-electron chi connectivity index (χ0n) is 12.1. The zero-order valence-corrected chi connectivity index (χ0v) is 13.6. The summed E-state index contributed by atoms with van der Waals surface area (Å²) in [6.07, 6.45) is 1.71. The molecule has 0 saturated carbocycles. The molecule has 0 fully saturated rings. The molecule has 0 bridgehead atoms. The third kappa shape index (κ3) is 3.33. The lowest BCUT2D eigenvalue weighted by atomic mass is 10.2. The van der Waals surface area contributed by atoms with Crippen LogP contribution in [0.5, 0.6) is 5.75 Å². The SMILES string of the molecule is Cc1nc(NC(=O)c2cc(Cl)ccc2O)sc1-c1ccccn1. The first kappa shape index (κ1) is 15.5. The number of anilines is 1. The first-order valence-corrected chi connectivity index (χ1v) is 7.93. The van der Waals surface area contributed by atoms with E-state index in [-0.39, 0.29) is 11.3 Å². The second-order valence-electron chi connectivity index (χ2n) is 4.76. The lowest BCUT2D eigenvalue weighted by molar-refractivity contribution is 0.102. The molecule has 0 atom stereocenters. The Labute approximate surface area is 141 Å². The molecule has 2 aromatic heterocycles. The molecule has 5 nitrogen and oxygen atoms in total. The minimum absolute atomic E-state index is 0.102. The van der Waals surface area contributed by atoms with Crippen LogP contribution in [-0.2, 0) is 0 Å². The fourth-order valence-electron chi connectivity index (χ4n) is 2.04.